The van der Waals surface area contributed by atoms with E-state index in [1.54, 1.807) is 6.07 Å². The SMILES string of the molecule is CC(C)(C)C(=O)NCCc1cc2c(cc1O)=NCCN=2. The van der Waals surface area contributed by atoms with E-state index < -0.39 is 5.41 Å². The molecular formula is C15H21N3O2. The minimum Gasteiger partial charge on any atom is -0.508 e. The van der Waals surface area contributed by atoms with Crippen molar-refractivity contribution in [1.82, 2.24) is 5.32 Å². The molecule has 5 nitrogen and oxygen atoms in total. The van der Waals surface area contributed by atoms with Gasteiger partial charge in [-0.3, -0.25) is 14.8 Å². The van der Waals surface area contributed by atoms with E-state index in [1.165, 1.54) is 0 Å². The van der Waals surface area contributed by atoms with Gasteiger partial charge in [0.05, 0.1) is 23.8 Å². The summed E-state index contributed by atoms with van der Waals surface area (Å²) in [5, 5.41) is 14.4. The molecule has 0 saturated heterocycles. The van der Waals surface area contributed by atoms with Gasteiger partial charge in [-0.15, -0.1) is 0 Å². The Bertz CT molecular complexity index is 630. The van der Waals surface area contributed by atoms with E-state index in [9.17, 15) is 9.90 Å². The van der Waals surface area contributed by atoms with Crippen LogP contribution in [0.25, 0.3) is 0 Å². The fourth-order valence-electron chi connectivity index (χ4n) is 1.98. The quantitative estimate of drug-likeness (QED) is 0.835. The van der Waals surface area contributed by atoms with E-state index in [-0.39, 0.29) is 11.7 Å². The summed E-state index contributed by atoms with van der Waals surface area (Å²) in [5.74, 6) is 0.226. The van der Waals surface area contributed by atoms with Gasteiger partial charge < -0.3 is 10.4 Å². The number of aromatic hydroxyl groups is 1. The summed E-state index contributed by atoms with van der Waals surface area (Å²) in [7, 11) is 0. The average Bonchev–Trinajstić information content (AvgIpc) is 2.38. The molecule has 1 aliphatic rings. The summed E-state index contributed by atoms with van der Waals surface area (Å²) < 4.78 is 0. The van der Waals surface area contributed by atoms with E-state index in [1.807, 2.05) is 26.8 Å². The molecular weight excluding hydrogens is 254 g/mol. The molecule has 1 aromatic rings. The van der Waals surface area contributed by atoms with Gasteiger partial charge in [-0.2, -0.15) is 0 Å². The van der Waals surface area contributed by atoms with Crippen molar-refractivity contribution in [2.75, 3.05) is 19.6 Å². The molecule has 5 heteroatoms. The van der Waals surface area contributed by atoms with Crippen molar-refractivity contribution in [3.8, 4) is 5.75 Å². The van der Waals surface area contributed by atoms with Crippen LogP contribution < -0.4 is 16.0 Å². The highest BCUT2D eigenvalue weighted by Gasteiger charge is 2.20. The lowest BCUT2D eigenvalue weighted by Gasteiger charge is -2.17. The van der Waals surface area contributed by atoms with Crippen molar-refractivity contribution >= 4 is 5.91 Å². The molecule has 20 heavy (non-hydrogen) atoms. The molecule has 108 valence electrons. The fraction of sp³-hybridized carbons (Fsp3) is 0.533. The lowest BCUT2D eigenvalue weighted by atomic mass is 9.95. The summed E-state index contributed by atoms with van der Waals surface area (Å²) in [4.78, 5) is 20.5. The molecule has 0 spiro atoms. The summed E-state index contributed by atoms with van der Waals surface area (Å²) in [6.45, 7) is 7.49. The molecule has 0 fully saturated rings. The van der Waals surface area contributed by atoms with Gasteiger partial charge in [0.15, 0.2) is 0 Å². The van der Waals surface area contributed by atoms with Crippen molar-refractivity contribution in [2.45, 2.75) is 27.2 Å². The fourth-order valence-corrected chi connectivity index (χ4v) is 1.98. The van der Waals surface area contributed by atoms with Gasteiger partial charge in [0.25, 0.3) is 0 Å². The Morgan fingerprint density at radius 3 is 2.45 bits per heavy atom. The first-order valence-electron chi connectivity index (χ1n) is 6.87. The molecule has 0 aliphatic carbocycles. The largest absolute Gasteiger partial charge is 0.508 e. The minimum absolute atomic E-state index is 0.00892. The molecule has 1 heterocycles. The Balaban J connectivity index is 2.06. The van der Waals surface area contributed by atoms with E-state index in [4.69, 9.17) is 0 Å². The standard InChI is InChI=1S/C15H21N3O2/c1-15(2,3)14(20)18-5-4-10-8-11-12(9-13(10)19)17-7-6-16-11/h8-9,19H,4-7H2,1-3H3,(H,18,20). The third kappa shape index (κ3) is 3.35. The number of benzene rings is 1. The van der Waals surface area contributed by atoms with Gasteiger partial charge in [-0.1, -0.05) is 20.8 Å². The Morgan fingerprint density at radius 2 is 1.85 bits per heavy atom. The molecule has 1 amide bonds. The van der Waals surface area contributed by atoms with Crippen molar-refractivity contribution in [1.29, 1.82) is 0 Å². The number of nitrogens with one attached hydrogen (secondary N) is 1. The smallest absolute Gasteiger partial charge is 0.225 e. The molecule has 0 radical (unpaired) electrons. The lowest BCUT2D eigenvalue weighted by molar-refractivity contribution is -0.128. The molecule has 0 aromatic heterocycles. The van der Waals surface area contributed by atoms with Crippen LogP contribution in [0.5, 0.6) is 5.75 Å². The minimum atomic E-state index is -0.397. The average molecular weight is 275 g/mol. The summed E-state index contributed by atoms with van der Waals surface area (Å²) >= 11 is 0. The normalized spacial score (nSPS) is 13.9. The Morgan fingerprint density at radius 1 is 1.25 bits per heavy atom. The van der Waals surface area contributed by atoms with Crippen LogP contribution >= 0.6 is 0 Å². The van der Waals surface area contributed by atoms with Gasteiger partial charge >= 0.3 is 0 Å². The third-order valence-corrected chi connectivity index (χ3v) is 3.20. The monoisotopic (exact) mass is 275 g/mol. The molecule has 1 aliphatic heterocycles. The van der Waals surface area contributed by atoms with Gasteiger partial charge in [0.2, 0.25) is 5.91 Å². The number of amides is 1. The highest BCUT2D eigenvalue weighted by molar-refractivity contribution is 5.81. The Labute approximate surface area is 118 Å². The molecule has 0 unspecified atom stereocenters. The Hall–Kier alpha value is -1.91. The number of phenolic OH excluding ortho intramolecular Hbond substituents is 1. The van der Waals surface area contributed by atoms with Crippen LogP contribution in [0.3, 0.4) is 0 Å². The number of carbonyl (C=O) groups excluding carboxylic acids is 1. The zero-order valence-corrected chi connectivity index (χ0v) is 12.2. The van der Waals surface area contributed by atoms with Crippen LogP contribution in [0.1, 0.15) is 26.3 Å². The van der Waals surface area contributed by atoms with Crippen LogP contribution in [-0.2, 0) is 11.2 Å². The molecule has 0 atom stereocenters. The zero-order valence-electron chi connectivity index (χ0n) is 12.2. The maximum Gasteiger partial charge on any atom is 0.225 e. The zero-order chi connectivity index (χ0) is 14.8. The van der Waals surface area contributed by atoms with Gasteiger partial charge in [-0.05, 0) is 18.1 Å². The summed E-state index contributed by atoms with van der Waals surface area (Å²) in [6.07, 6.45) is 0.580. The number of hydrogen-bond acceptors (Lipinski definition) is 4. The van der Waals surface area contributed by atoms with Gasteiger partial charge in [-0.25, -0.2) is 0 Å². The number of carbonyl (C=O) groups is 1. The first kappa shape index (κ1) is 14.5. The topological polar surface area (TPSA) is 74.0 Å². The van der Waals surface area contributed by atoms with Crippen molar-refractivity contribution in [3.63, 3.8) is 0 Å². The van der Waals surface area contributed by atoms with Crippen molar-refractivity contribution < 1.29 is 9.90 Å². The first-order chi connectivity index (χ1) is 9.38. The lowest BCUT2D eigenvalue weighted by Crippen LogP contribution is -2.36. The van der Waals surface area contributed by atoms with E-state index >= 15 is 0 Å². The second kappa shape index (κ2) is 5.61. The number of fused-ring (bicyclic) bond motifs is 1. The van der Waals surface area contributed by atoms with Crippen LogP contribution in [0.15, 0.2) is 22.1 Å². The van der Waals surface area contributed by atoms with Crippen molar-refractivity contribution in [2.24, 2.45) is 15.4 Å². The van der Waals surface area contributed by atoms with E-state index in [0.717, 1.165) is 16.3 Å². The van der Waals surface area contributed by atoms with Gasteiger partial charge in [0.1, 0.15) is 5.75 Å². The maximum atomic E-state index is 11.8. The van der Waals surface area contributed by atoms with Crippen LogP contribution in [0.2, 0.25) is 0 Å². The van der Waals surface area contributed by atoms with Crippen molar-refractivity contribution in [3.05, 3.63) is 28.4 Å². The second-order valence-corrected chi connectivity index (χ2v) is 5.99. The highest BCUT2D eigenvalue weighted by Crippen LogP contribution is 2.14. The second-order valence-electron chi connectivity index (χ2n) is 5.99. The first-order valence-corrected chi connectivity index (χ1v) is 6.87. The van der Waals surface area contributed by atoms with Crippen LogP contribution in [-0.4, -0.2) is 30.6 Å². The van der Waals surface area contributed by atoms with E-state index in [2.05, 4.69) is 15.3 Å². The summed E-state index contributed by atoms with van der Waals surface area (Å²) in [6, 6.07) is 3.51. The highest BCUT2D eigenvalue weighted by atomic mass is 16.3. The van der Waals surface area contributed by atoms with Crippen LogP contribution in [0, 0.1) is 5.41 Å². The van der Waals surface area contributed by atoms with E-state index in [0.29, 0.717) is 26.1 Å². The summed E-state index contributed by atoms with van der Waals surface area (Å²) in [5.41, 5.74) is 0.394. The molecule has 2 rings (SSSR count). The number of rotatable bonds is 3. The molecule has 2 N–H and O–H groups in total. The Kier molecular flexibility index (Phi) is 4.06. The molecule has 0 bridgehead atoms. The molecule has 1 aromatic carbocycles. The maximum absolute atomic E-state index is 11.8. The predicted molar refractivity (Wildman–Crippen MR) is 76.3 cm³/mol. The number of hydrogen-bond donors (Lipinski definition) is 2. The van der Waals surface area contributed by atoms with Crippen LogP contribution in [0.4, 0.5) is 0 Å². The molecule has 0 saturated carbocycles. The number of phenols is 1. The van der Waals surface area contributed by atoms with Gasteiger partial charge in [0, 0.05) is 18.0 Å². The predicted octanol–water partition coefficient (Wildman–Crippen LogP) is 0.350. The third-order valence-electron chi connectivity index (χ3n) is 3.20. The number of nitrogens with zero attached hydrogens (tertiary/aromatic N) is 2.